The Morgan fingerprint density at radius 2 is 1.48 bits per heavy atom. The number of benzene rings is 1. The summed E-state index contributed by atoms with van der Waals surface area (Å²) in [5, 5.41) is 9.63. The van der Waals surface area contributed by atoms with E-state index >= 15 is 0 Å². The van der Waals surface area contributed by atoms with E-state index in [0.29, 0.717) is 5.56 Å². The lowest BCUT2D eigenvalue weighted by Crippen LogP contribution is -2.43. The molecule has 1 aromatic carbocycles. The molecule has 0 fully saturated rings. The van der Waals surface area contributed by atoms with Gasteiger partial charge in [0.25, 0.3) is 0 Å². The van der Waals surface area contributed by atoms with Crippen LogP contribution >= 0.6 is 0 Å². The van der Waals surface area contributed by atoms with E-state index in [1.54, 1.807) is 54.5 Å². The molecule has 0 aliphatic carbocycles. The van der Waals surface area contributed by atoms with Gasteiger partial charge in [0, 0.05) is 24.7 Å². The summed E-state index contributed by atoms with van der Waals surface area (Å²) in [6.45, 7) is 11.8. The van der Waals surface area contributed by atoms with Gasteiger partial charge in [-0.15, -0.1) is 0 Å². The smallest absolute Gasteiger partial charge is 0.321 e. The molecule has 33 heavy (non-hydrogen) atoms. The van der Waals surface area contributed by atoms with Gasteiger partial charge in [0.1, 0.15) is 12.1 Å². The molecule has 0 amide bonds. The Morgan fingerprint density at radius 3 is 1.94 bits per heavy atom. The van der Waals surface area contributed by atoms with Crippen molar-refractivity contribution in [3.63, 3.8) is 0 Å². The minimum absolute atomic E-state index is 0.0183. The van der Waals surface area contributed by atoms with Crippen LogP contribution in [-0.2, 0) is 23.9 Å². The summed E-state index contributed by atoms with van der Waals surface area (Å²) >= 11 is 0. The lowest BCUT2D eigenvalue weighted by atomic mass is 9.79. The first-order valence-electron chi connectivity index (χ1n) is 11.0. The molecule has 9 heteroatoms. The van der Waals surface area contributed by atoms with Gasteiger partial charge in [-0.2, -0.15) is 0 Å². The number of nitrogens with two attached hydrogens (primary N) is 1. The molecule has 0 heterocycles. The second-order valence-electron chi connectivity index (χ2n) is 8.97. The summed E-state index contributed by atoms with van der Waals surface area (Å²) in [6, 6.07) is 3.09. The lowest BCUT2D eigenvalue weighted by molar-refractivity contribution is -0.160. The number of carbonyl (C=O) groups excluding carboxylic acids is 3. The minimum atomic E-state index is -1.34. The Hall–Kier alpha value is -2.94. The van der Waals surface area contributed by atoms with Gasteiger partial charge >= 0.3 is 23.9 Å². The van der Waals surface area contributed by atoms with Crippen molar-refractivity contribution in [1.29, 1.82) is 0 Å². The van der Waals surface area contributed by atoms with Crippen LogP contribution < -0.4 is 15.2 Å². The molecule has 1 rings (SSSR count). The van der Waals surface area contributed by atoms with Gasteiger partial charge in [0.05, 0.1) is 5.41 Å². The first kappa shape index (κ1) is 28.1. The third kappa shape index (κ3) is 7.85. The van der Waals surface area contributed by atoms with Crippen molar-refractivity contribution in [3.8, 4) is 11.5 Å². The van der Waals surface area contributed by atoms with Gasteiger partial charge in [-0.1, -0.05) is 26.8 Å². The fourth-order valence-corrected chi connectivity index (χ4v) is 3.02. The van der Waals surface area contributed by atoms with Crippen molar-refractivity contribution in [3.05, 3.63) is 23.8 Å². The third-order valence-electron chi connectivity index (χ3n) is 5.26. The monoisotopic (exact) mass is 465 g/mol. The largest absolute Gasteiger partial charge is 0.480 e. The number of carbonyl (C=O) groups is 4. The first-order valence-corrected chi connectivity index (χ1v) is 11.0. The zero-order chi connectivity index (χ0) is 25.5. The zero-order valence-electron chi connectivity index (χ0n) is 20.3. The molecule has 1 aromatic rings. The predicted octanol–water partition coefficient (Wildman–Crippen LogP) is 3.43. The van der Waals surface area contributed by atoms with Crippen LogP contribution in [0.5, 0.6) is 11.5 Å². The van der Waals surface area contributed by atoms with Crippen LogP contribution in [0.25, 0.3) is 0 Å². The Balaban J connectivity index is 3.44. The van der Waals surface area contributed by atoms with Gasteiger partial charge in [0.15, 0.2) is 11.5 Å². The number of hydrogen-bond acceptors (Lipinski definition) is 8. The van der Waals surface area contributed by atoms with E-state index in [0.717, 1.165) is 0 Å². The molecule has 0 aliphatic heterocycles. The van der Waals surface area contributed by atoms with Crippen LogP contribution in [0.2, 0.25) is 0 Å². The minimum Gasteiger partial charge on any atom is -0.480 e. The number of esters is 3. The average Bonchev–Trinajstić information content (AvgIpc) is 2.74. The quantitative estimate of drug-likeness (QED) is 0.392. The molecule has 3 unspecified atom stereocenters. The molecule has 0 saturated carbocycles. The van der Waals surface area contributed by atoms with Gasteiger partial charge in [-0.05, 0) is 45.4 Å². The number of hydrogen-bond donors (Lipinski definition) is 2. The van der Waals surface area contributed by atoms with Crippen molar-refractivity contribution in [2.24, 2.45) is 17.1 Å². The highest BCUT2D eigenvalue weighted by molar-refractivity contribution is 5.77. The summed E-state index contributed by atoms with van der Waals surface area (Å²) in [4.78, 5) is 47.9. The Bertz CT molecular complexity index is 874. The predicted molar refractivity (Wildman–Crippen MR) is 121 cm³/mol. The molecule has 0 spiro atoms. The highest BCUT2D eigenvalue weighted by Crippen LogP contribution is 2.37. The third-order valence-corrected chi connectivity index (χ3v) is 5.26. The van der Waals surface area contributed by atoms with E-state index in [2.05, 4.69) is 0 Å². The second kappa shape index (κ2) is 11.8. The standard InChI is InChI=1S/C24H35NO8/c1-8-18(26)32-16-11-10-15(12-17(16)33-19(27)9-2)20(21(25)22(28)29)13(3)14(4)31-23(30)24(5,6)7/h10-14,20-21H,8-9,25H2,1-7H3,(H,28,29)/t13?,14?,20?,21-/m0/s1. The SMILES string of the molecule is CCC(=O)Oc1ccc(C(C(C)C(C)OC(=O)C(C)(C)C)[C@H](N)C(=O)O)cc1OC(=O)CC. The molecular formula is C24H35NO8. The summed E-state index contributed by atoms with van der Waals surface area (Å²) in [7, 11) is 0. The Kier molecular flexibility index (Phi) is 10.0. The Morgan fingerprint density at radius 1 is 0.970 bits per heavy atom. The van der Waals surface area contributed by atoms with Crippen LogP contribution in [0.15, 0.2) is 18.2 Å². The van der Waals surface area contributed by atoms with Crippen LogP contribution in [0, 0.1) is 11.3 Å². The number of aliphatic carboxylic acids is 1. The van der Waals surface area contributed by atoms with Crippen LogP contribution in [-0.4, -0.2) is 41.1 Å². The highest BCUT2D eigenvalue weighted by atomic mass is 16.6. The topological polar surface area (TPSA) is 142 Å². The average molecular weight is 466 g/mol. The maximum Gasteiger partial charge on any atom is 0.321 e. The van der Waals surface area contributed by atoms with Gasteiger partial charge in [-0.3, -0.25) is 19.2 Å². The molecular weight excluding hydrogens is 430 g/mol. The van der Waals surface area contributed by atoms with Crippen molar-refractivity contribution < 1.29 is 38.5 Å². The number of ether oxygens (including phenoxy) is 3. The molecule has 0 saturated heterocycles. The summed E-state index contributed by atoms with van der Waals surface area (Å²) < 4.78 is 16.1. The van der Waals surface area contributed by atoms with Crippen molar-refractivity contribution in [2.45, 2.75) is 79.4 Å². The first-order chi connectivity index (χ1) is 15.2. The summed E-state index contributed by atoms with van der Waals surface area (Å²) in [6.07, 6.45) is -0.464. The maximum absolute atomic E-state index is 12.4. The number of carboxylic acids is 1. The fourth-order valence-electron chi connectivity index (χ4n) is 3.02. The summed E-state index contributed by atoms with van der Waals surface area (Å²) in [5.41, 5.74) is 5.74. The van der Waals surface area contributed by atoms with Crippen molar-refractivity contribution in [2.75, 3.05) is 0 Å². The number of rotatable bonds is 10. The maximum atomic E-state index is 12.4. The van der Waals surface area contributed by atoms with E-state index in [4.69, 9.17) is 19.9 Å². The molecule has 0 aromatic heterocycles. The molecule has 184 valence electrons. The van der Waals surface area contributed by atoms with Crippen LogP contribution in [0.1, 0.15) is 72.8 Å². The molecule has 0 radical (unpaired) electrons. The van der Waals surface area contributed by atoms with Crippen LogP contribution in [0.4, 0.5) is 0 Å². The lowest BCUT2D eigenvalue weighted by Gasteiger charge is -2.33. The molecule has 9 nitrogen and oxygen atoms in total. The van der Waals surface area contributed by atoms with Crippen molar-refractivity contribution >= 4 is 23.9 Å². The number of carboxylic acid groups (broad SMARTS) is 1. The highest BCUT2D eigenvalue weighted by Gasteiger charge is 2.37. The molecule has 3 N–H and O–H groups in total. The fraction of sp³-hybridized carbons (Fsp3) is 0.583. The molecule has 0 bridgehead atoms. The van der Waals surface area contributed by atoms with Gasteiger partial charge < -0.3 is 25.1 Å². The van der Waals surface area contributed by atoms with E-state index in [1.165, 1.54) is 12.1 Å². The van der Waals surface area contributed by atoms with E-state index in [1.807, 2.05) is 0 Å². The van der Waals surface area contributed by atoms with Crippen molar-refractivity contribution in [1.82, 2.24) is 0 Å². The molecule has 4 atom stereocenters. The normalized spacial score (nSPS) is 15.0. The molecule has 0 aliphatic rings. The van der Waals surface area contributed by atoms with Crippen LogP contribution in [0.3, 0.4) is 0 Å². The Labute approximate surface area is 194 Å². The van der Waals surface area contributed by atoms with E-state index in [9.17, 15) is 24.3 Å². The zero-order valence-corrected chi connectivity index (χ0v) is 20.3. The van der Waals surface area contributed by atoms with E-state index < -0.39 is 53.3 Å². The van der Waals surface area contributed by atoms with E-state index in [-0.39, 0.29) is 24.3 Å². The van der Waals surface area contributed by atoms with Gasteiger partial charge in [-0.25, -0.2) is 0 Å². The van der Waals surface area contributed by atoms with Gasteiger partial charge in [0.2, 0.25) is 0 Å². The second-order valence-corrected chi connectivity index (χ2v) is 8.97. The summed E-state index contributed by atoms with van der Waals surface area (Å²) in [5.74, 6) is -4.04.